The highest BCUT2D eigenvalue weighted by Gasteiger charge is 2.32. The average Bonchev–Trinajstić information content (AvgIpc) is 2.97. The quantitative estimate of drug-likeness (QED) is 0.793. The zero-order chi connectivity index (χ0) is 14.4. The molecule has 1 N–H and O–H groups in total. The number of nitrogens with one attached hydrogen (secondary N) is 1. The summed E-state index contributed by atoms with van der Waals surface area (Å²) in [5.74, 6) is -0.795. The fourth-order valence-corrected chi connectivity index (χ4v) is 3.20. The number of nitrogens with zero attached hydrogens (tertiary/aromatic N) is 1. The molecule has 1 aromatic heterocycles. The van der Waals surface area contributed by atoms with E-state index in [0.717, 1.165) is 16.7 Å². The van der Waals surface area contributed by atoms with Crippen LogP contribution in [0.25, 0.3) is 17.0 Å². The molecule has 7 heteroatoms. The topological polar surface area (TPSA) is 53.2 Å². The van der Waals surface area contributed by atoms with Crippen LogP contribution in [0.1, 0.15) is 5.56 Å². The molecule has 1 aliphatic rings. The molecule has 1 aliphatic heterocycles. The molecule has 2 aromatic rings. The van der Waals surface area contributed by atoms with Crippen LogP contribution in [0.15, 0.2) is 27.7 Å². The highest BCUT2D eigenvalue weighted by Crippen LogP contribution is 2.35. The lowest BCUT2D eigenvalue weighted by Crippen LogP contribution is -2.22. The summed E-state index contributed by atoms with van der Waals surface area (Å²) in [5.41, 5.74) is 0.922. The second kappa shape index (κ2) is 4.75. The molecular weight excluding hydrogens is 347 g/mol. The number of imide groups is 1. The Labute approximate surface area is 126 Å². The van der Waals surface area contributed by atoms with Gasteiger partial charge in [-0.25, -0.2) is 4.39 Å². The molecule has 4 nitrogen and oxygen atoms in total. The molecule has 2 heterocycles. The normalized spacial score (nSPS) is 17.8. The number of benzene rings is 1. The Morgan fingerprint density at radius 1 is 1.45 bits per heavy atom. The number of hydrogen-bond acceptors (Lipinski definition) is 3. The monoisotopic (exact) mass is 354 g/mol. The molecule has 0 unspecified atom stereocenters. The van der Waals surface area contributed by atoms with Gasteiger partial charge in [-0.3, -0.25) is 14.5 Å². The van der Waals surface area contributed by atoms with Crippen LogP contribution < -0.4 is 0 Å². The second-order valence-corrected chi connectivity index (χ2v) is 6.06. The maximum Gasteiger partial charge on any atom is 0.293 e. The van der Waals surface area contributed by atoms with Gasteiger partial charge in [0.1, 0.15) is 0 Å². The van der Waals surface area contributed by atoms with Crippen LogP contribution >= 0.6 is 27.7 Å². The van der Waals surface area contributed by atoms with Crippen molar-refractivity contribution < 1.29 is 14.0 Å². The molecule has 0 atom stereocenters. The maximum absolute atomic E-state index is 14.1. The number of rotatable bonds is 1. The van der Waals surface area contributed by atoms with Gasteiger partial charge in [-0.1, -0.05) is 0 Å². The van der Waals surface area contributed by atoms with E-state index in [1.165, 1.54) is 13.1 Å². The number of carbonyl (C=O) groups excluding carboxylic acids is 2. The molecule has 1 aromatic carbocycles. The number of halogens is 2. The first kappa shape index (κ1) is 13.4. The molecule has 102 valence electrons. The van der Waals surface area contributed by atoms with Crippen LogP contribution in [-0.2, 0) is 4.79 Å². The molecule has 3 rings (SSSR count). The van der Waals surface area contributed by atoms with Crippen molar-refractivity contribution in [2.75, 3.05) is 7.05 Å². The van der Waals surface area contributed by atoms with Gasteiger partial charge in [0.25, 0.3) is 11.1 Å². The van der Waals surface area contributed by atoms with E-state index >= 15 is 0 Å². The smallest absolute Gasteiger partial charge is 0.293 e. The van der Waals surface area contributed by atoms with E-state index in [1.807, 2.05) is 0 Å². The summed E-state index contributed by atoms with van der Waals surface area (Å²) in [7, 11) is 1.42. The van der Waals surface area contributed by atoms with Crippen LogP contribution in [0.4, 0.5) is 9.18 Å². The Morgan fingerprint density at radius 3 is 2.85 bits per heavy atom. The van der Waals surface area contributed by atoms with Crippen molar-refractivity contribution in [2.24, 2.45) is 0 Å². The first-order valence-corrected chi connectivity index (χ1v) is 7.26. The molecule has 0 radical (unpaired) electrons. The minimum absolute atomic E-state index is 0.260. The summed E-state index contributed by atoms with van der Waals surface area (Å²) in [6.45, 7) is 0. The Bertz CT molecular complexity index is 784. The van der Waals surface area contributed by atoms with Crippen molar-refractivity contribution >= 4 is 55.8 Å². The molecule has 0 bridgehead atoms. The van der Waals surface area contributed by atoms with Gasteiger partial charge in [-0.2, -0.15) is 0 Å². The highest BCUT2D eigenvalue weighted by molar-refractivity contribution is 9.10. The minimum atomic E-state index is -0.422. The predicted molar refractivity (Wildman–Crippen MR) is 79.7 cm³/mol. The van der Waals surface area contributed by atoms with Gasteiger partial charge in [0.2, 0.25) is 0 Å². The van der Waals surface area contributed by atoms with Crippen molar-refractivity contribution in [3.8, 4) is 0 Å². The zero-order valence-electron chi connectivity index (χ0n) is 10.2. The van der Waals surface area contributed by atoms with Crippen molar-refractivity contribution in [1.82, 2.24) is 9.88 Å². The molecule has 2 amide bonds. The van der Waals surface area contributed by atoms with Crippen molar-refractivity contribution in [3.05, 3.63) is 39.1 Å². The van der Waals surface area contributed by atoms with Crippen molar-refractivity contribution in [1.29, 1.82) is 0 Å². The Kier molecular flexibility index (Phi) is 3.18. The van der Waals surface area contributed by atoms with Gasteiger partial charge in [0.05, 0.1) is 14.9 Å². The van der Waals surface area contributed by atoms with E-state index in [9.17, 15) is 14.0 Å². The van der Waals surface area contributed by atoms with Crippen molar-refractivity contribution in [3.63, 3.8) is 0 Å². The number of carbonyl (C=O) groups is 2. The molecule has 0 aliphatic carbocycles. The molecule has 20 heavy (non-hydrogen) atoms. The van der Waals surface area contributed by atoms with Crippen LogP contribution in [-0.4, -0.2) is 28.1 Å². The van der Waals surface area contributed by atoms with Gasteiger partial charge in [-0.15, -0.1) is 0 Å². The van der Waals surface area contributed by atoms with E-state index in [2.05, 4.69) is 20.9 Å². The molecule has 1 fully saturated rings. The number of amides is 2. The summed E-state index contributed by atoms with van der Waals surface area (Å²) < 4.78 is 14.4. The molecule has 0 spiro atoms. The minimum Gasteiger partial charge on any atom is -0.359 e. The summed E-state index contributed by atoms with van der Waals surface area (Å²) in [5, 5.41) is 0.369. The lowest BCUT2D eigenvalue weighted by Gasteiger charge is -2.04. The van der Waals surface area contributed by atoms with E-state index in [4.69, 9.17) is 0 Å². The number of H-pyrrole nitrogens is 1. The van der Waals surface area contributed by atoms with E-state index in [1.54, 1.807) is 18.3 Å². The first-order chi connectivity index (χ1) is 9.49. The Morgan fingerprint density at radius 2 is 2.20 bits per heavy atom. The van der Waals surface area contributed by atoms with Crippen LogP contribution in [0.2, 0.25) is 0 Å². The van der Waals surface area contributed by atoms with E-state index in [-0.39, 0.29) is 20.5 Å². The third-order valence-electron chi connectivity index (χ3n) is 3.03. The van der Waals surface area contributed by atoms with Gasteiger partial charge in [0.15, 0.2) is 5.82 Å². The largest absolute Gasteiger partial charge is 0.359 e. The third kappa shape index (κ3) is 1.97. The fourth-order valence-electron chi connectivity index (χ4n) is 1.95. The Balaban J connectivity index is 2.14. The number of hydrogen-bond donors (Lipinski definition) is 1. The van der Waals surface area contributed by atoms with Gasteiger partial charge >= 0.3 is 0 Å². The average molecular weight is 355 g/mol. The Hall–Kier alpha value is -1.60. The van der Waals surface area contributed by atoms with Crippen molar-refractivity contribution in [2.45, 2.75) is 0 Å². The van der Waals surface area contributed by atoms with Gasteiger partial charge < -0.3 is 4.98 Å². The standard InChI is InChI=1S/C13H8BrFN2O2S/c1-17-12(18)8(20-13(17)19)5-7-4-6-2-3-16-11(6)10(15)9(7)14/h2-5,16H,1H3/b8-5-. The van der Waals surface area contributed by atoms with Gasteiger partial charge in [-0.05, 0) is 51.5 Å². The van der Waals surface area contributed by atoms with Crippen LogP contribution in [0.5, 0.6) is 0 Å². The number of aromatic nitrogens is 1. The number of aromatic amines is 1. The number of likely N-dealkylation sites (N-methyl/N-ethyl adjacent to an activating group) is 1. The van der Waals surface area contributed by atoms with Gasteiger partial charge in [0, 0.05) is 18.6 Å². The first-order valence-electron chi connectivity index (χ1n) is 5.65. The third-order valence-corrected chi connectivity index (χ3v) is 4.80. The summed E-state index contributed by atoms with van der Waals surface area (Å²) >= 11 is 4.03. The fraction of sp³-hybridized carbons (Fsp3) is 0.0769. The van der Waals surface area contributed by atoms with Crippen LogP contribution in [0.3, 0.4) is 0 Å². The number of thioether (sulfide) groups is 1. The van der Waals surface area contributed by atoms with E-state index in [0.29, 0.717) is 16.5 Å². The SMILES string of the molecule is CN1C(=O)S/C(=C\c2cc3cc[nH]c3c(F)c2Br)C1=O. The molecular formula is C13H8BrFN2O2S. The molecule has 0 saturated carbocycles. The van der Waals surface area contributed by atoms with Crippen LogP contribution in [0, 0.1) is 5.82 Å². The highest BCUT2D eigenvalue weighted by atomic mass is 79.9. The predicted octanol–water partition coefficient (Wildman–Crippen LogP) is 3.74. The molecule has 1 saturated heterocycles. The lowest BCUT2D eigenvalue weighted by molar-refractivity contribution is -0.121. The lowest BCUT2D eigenvalue weighted by atomic mass is 10.1. The summed E-state index contributed by atoms with van der Waals surface area (Å²) in [6, 6.07) is 3.50. The number of fused-ring (bicyclic) bond motifs is 1. The summed E-state index contributed by atoms with van der Waals surface area (Å²) in [6.07, 6.45) is 3.16. The second-order valence-electron chi connectivity index (χ2n) is 4.28. The maximum atomic E-state index is 14.1. The zero-order valence-corrected chi connectivity index (χ0v) is 12.6. The van der Waals surface area contributed by atoms with E-state index < -0.39 is 5.82 Å². The summed E-state index contributed by atoms with van der Waals surface area (Å²) in [4.78, 5) is 27.4.